The van der Waals surface area contributed by atoms with Crippen molar-refractivity contribution in [2.24, 2.45) is 0 Å². The number of ketones is 1. The standard InChI is InChI=1S/C24H21NO6/c1-16-6-9-21(25(28)29)24(12-16)31-15-19-13-17(8-11-23(19)30-2)7-10-22(27)18-4-3-5-20(26)14-18/h3-14,26H,15H2,1-2H3/b10-7+. The summed E-state index contributed by atoms with van der Waals surface area (Å²) < 4.78 is 11.1. The minimum atomic E-state index is -0.488. The van der Waals surface area contributed by atoms with E-state index in [0.717, 1.165) is 11.1 Å². The van der Waals surface area contributed by atoms with Crippen LogP contribution in [0.25, 0.3) is 6.08 Å². The lowest BCUT2D eigenvalue weighted by Crippen LogP contribution is -2.02. The fraction of sp³-hybridized carbons (Fsp3) is 0.125. The second kappa shape index (κ2) is 9.58. The highest BCUT2D eigenvalue weighted by molar-refractivity contribution is 6.07. The summed E-state index contributed by atoms with van der Waals surface area (Å²) in [5.74, 6) is 0.507. The van der Waals surface area contributed by atoms with Crippen molar-refractivity contribution in [3.05, 3.63) is 99.1 Å². The molecule has 3 rings (SSSR count). The summed E-state index contributed by atoms with van der Waals surface area (Å²) in [5, 5.41) is 20.8. The third-order valence-corrected chi connectivity index (χ3v) is 4.56. The van der Waals surface area contributed by atoms with Gasteiger partial charge < -0.3 is 14.6 Å². The SMILES string of the molecule is COc1ccc(/C=C/C(=O)c2cccc(O)c2)cc1COc1cc(C)ccc1[N+](=O)[O-]. The monoisotopic (exact) mass is 419 g/mol. The smallest absolute Gasteiger partial charge is 0.310 e. The highest BCUT2D eigenvalue weighted by Crippen LogP contribution is 2.30. The molecule has 0 aromatic heterocycles. The number of aromatic hydroxyl groups is 1. The van der Waals surface area contributed by atoms with E-state index in [9.17, 15) is 20.0 Å². The van der Waals surface area contributed by atoms with E-state index >= 15 is 0 Å². The zero-order valence-corrected chi connectivity index (χ0v) is 17.1. The molecule has 0 saturated heterocycles. The number of benzene rings is 3. The Hall–Kier alpha value is -4.13. The Balaban J connectivity index is 1.81. The second-order valence-corrected chi connectivity index (χ2v) is 6.84. The molecule has 1 N–H and O–H groups in total. The van der Waals surface area contributed by atoms with Crippen LogP contribution in [0.4, 0.5) is 5.69 Å². The Kier molecular flexibility index (Phi) is 6.67. The summed E-state index contributed by atoms with van der Waals surface area (Å²) in [7, 11) is 1.52. The fourth-order valence-corrected chi connectivity index (χ4v) is 2.99. The van der Waals surface area contributed by atoms with E-state index in [1.165, 1.54) is 31.4 Å². The average Bonchev–Trinajstić information content (AvgIpc) is 2.75. The molecule has 0 saturated carbocycles. The normalized spacial score (nSPS) is 10.8. The molecule has 31 heavy (non-hydrogen) atoms. The van der Waals surface area contributed by atoms with Crippen molar-refractivity contribution in [3.8, 4) is 17.2 Å². The van der Waals surface area contributed by atoms with Crippen molar-refractivity contribution in [2.75, 3.05) is 7.11 Å². The molecule has 0 aliphatic heterocycles. The van der Waals surface area contributed by atoms with Crippen molar-refractivity contribution < 1.29 is 24.3 Å². The van der Waals surface area contributed by atoms with Crippen LogP contribution in [0, 0.1) is 17.0 Å². The molecule has 0 spiro atoms. The Morgan fingerprint density at radius 3 is 2.61 bits per heavy atom. The number of hydrogen-bond acceptors (Lipinski definition) is 6. The molecule has 3 aromatic carbocycles. The second-order valence-electron chi connectivity index (χ2n) is 6.84. The Labute approximate surface area is 179 Å². The van der Waals surface area contributed by atoms with Gasteiger partial charge in [0.1, 0.15) is 18.1 Å². The number of carbonyl (C=O) groups is 1. The first-order valence-electron chi connectivity index (χ1n) is 9.43. The number of rotatable bonds is 8. The molecule has 0 unspecified atom stereocenters. The predicted octanol–water partition coefficient (Wildman–Crippen LogP) is 5.09. The van der Waals surface area contributed by atoms with Gasteiger partial charge in [-0.15, -0.1) is 0 Å². The van der Waals surface area contributed by atoms with Gasteiger partial charge in [-0.1, -0.05) is 30.3 Å². The maximum absolute atomic E-state index is 12.3. The lowest BCUT2D eigenvalue weighted by molar-refractivity contribution is -0.386. The van der Waals surface area contributed by atoms with Crippen LogP contribution in [0.15, 0.2) is 66.7 Å². The van der Waals surface area contributed by atoms with E-state index in [1.807, 2.05) is 6.92 Å². The molecule has 0 fully saturated rings. The number of allylic oxidation sites excluding steroid dienone is 1. The van der Waals surface area contributed by atoms with Crippen LogP contribution in [0.1, 0.15) is 27.0 Å². The van der Waals surface area contributed by atoms with Gasteiger partial charge in [0.15, 0.2) is 11.5 Å². The average molecular weight is 419 g/mol. The molecule has 3 aromatic rings. The summed E-state index contributed by atoms with van der Waals surface area (Å²) in [6, 6.07) is 16.1. The van der Waals surface area contributed by atoms with Gasteiger partial charge >= 0.3 is 5.69 Å². The van der Waals surface area contributed by atoms with Gasteiger partial charge in [0.2, 0.25) is 0 Å². The summed E-state index contributed by atoms with van der Waals surface area (Å²) in [6.45, 7) is 1.88. The van der Waals surface area contributed by atoms with Crippen LogP contribution in [-0.2, 0) is 6.61 Å². The lowest BCUT2D eigenvalue weighted by atomic mass is 10.1. The van der Waals surface area contributed by atoms with Gasteiger partial charge in [-0.2, -0.15) is 0 Å². The first-order chi connectivity index (χ1) is 14.9. The lowest BCUT2D eigenvalue weighted by Gasteiger charge is -2.12. The van der Waals surface area contributed by atoms with Crippen LogP contribution in [0.5, 0.6) is 17.2 Å². The third kappa shape index (κ3) is 5.48. The maximum Gasteiger partial charge on any atom is 0.310 e. The summed E-state index contributed by atoms with van der Waals surface area (Å²) in [5.41, 5.74) is 2.50. The number of phenols is 1. The Morgan fingerprint density at radius 2 is 1.90 bits per heavy atom. The van der Waals surface area contributed by atoms with E-state index < -0.39 is 4.92 Å². The van der Waals surface area contributed by atoms with E-state index in [2.05, 4.69) is 0 Å². The number of nitrogens with zero attached hydrogens (tertiary/aromatic N) is 1. The number of nitro groups is 1. The van der Waals surface area contributed by atoms with Gasteiger partial charge in [-0.3, -0.25) is 14.9 Å². The van der Waals surface area contributed by atoms with Crippen molar-refractivity contribution >= 4 is 17.5 Å². The fourth-order valence-electron chi connectivity index (χ4n) is 2.99. The first-order valence-corrected chi connectivity index (χ1v) is 9.43. The maximum atomic E-state index is 12.3. The Bertz CT molecular complexity index is 1150. The van der Waals surface area contributed by atoms with E-state index in [0.29, 0.717) is 16.9 Å². The van der Waals surface area contributed by atoms with Gasteiger partial charge in [0.05, 0.1) is 12.0 Å². The van der Waals surface area contributed by atoms with Crippen LogP contribution < -0.4 is 9.47 Å². The molecular formula is C24H21NO6. The van der Waals surface area contributed by atoms with Crippen molar-refractivity contribution in [3.63, 3.8) is 0 Å². The van der Waals surface area contributed by atoms with Gasteiger partial charge in [0, 0.05) is 17.2 Å². The molecule has 0 atom stereocenters. The van der Waals surface area contributed by atoms with E-state index in [-0.39, 0.29) is 29.6 Å². The van der Waals surface area contributed by atoms with Gasteiger partial charge in [-0.05, 0) is 54.5 Å². The molecule has 0 bridgehead atoms. The Morgan fingerprint density at radius 1 is 1.10 bits per heavy atom. The number of hydrogen-bond donors (Lipinski definition) is 1. The third-order valence-electron chi connectivity index (χ3n) is 4.56. The molecular weight excluding hydrogens is 398 g/mol. The molecule has 0 amide bonds. The topological polar surface area (TPSA) is 98.9 Å². The number of nitro benzene ring substituents is 1. The minimum absolute atomic E-state index is 0.0216. The molecule has 0 aliphatic rings. The number of aryl methyl sites for hydroxylation is 1. The van der Waals surface area contributed by atoms with Gasteiger partial charge in [-0.25, -0.2) is 0 Å². The molecule has 158 valence electrons. The zero-order chi connectivity index (χ0) is 22.4. The van der Waals surface area contributed by atoms with Crippen LogP contribution >= 0.6 is 0 Å². The molecule has 0 radical (unpaired) electrons. The highest BCUT2D eigenvalue weighted by Gasteiger charge is 2.16. The predicted molar refractivity (Wildman–Crippen MR) is 117 cm³/mol. The van der Waals surface area contributed by atoms with Crippen LogP contribution in [-0.4, -0.2) is 22.9 Å². The summed E-state index contributed by atoms with van der Waals surface area (Å²) in [4.78, 5) is 23.1. The summed E-state index contributed by atoms with van der Waals surface area (Å²) >= 11 is 0. The first kappa shape index (κ1) is 21.6. The zero-order valence-electron chi connectivity index (χ0n) is 17.1. The minimum Gasteiger partial charge on any atom is -0.508 e. The molecule has 7 heteroatoms. The number of carbonyl (C=O) groups excluding carboxylic acids is 1. The quantitative estimate of drug-likeness (QED) is 0.236. The number of methoxy groups -OCH3 is 1. The van der Waals surface area contributed by atoms with Crippen LogP contribution in [0.3, 0.4) is 0 Å². The molecule has 7 nitrogen and oxygen atoms in total. The van der Waals surface area contributed by atoms with Crippen LogP contribution in [0.2, 0.25) is 0 Å². The molecule has 0 aliphatic carbocycles. The van der Waals surface area contributed by atoms with Crippen molar-refractivity contribution in [1.29, 1.82) is 0 Å². The number of ether oxygens (including phenoxy) is 2. The highest BCUT2D eigenvalue weighted by atomic mass is 16.6. The van der Waals surface area contributed by atoms with Crippen molar-refractivity contribution in [1.82, 2.24) is 0 Å². The van der Waals surface area contributed by atoms with E-state index in [1.54, 1.807) is 48.5 Å². The number of phenolic OH excluding ortho intramolecular Hbond substituents is 1. The van der Waals surface area contributed by atoms with Crippen molar-refractivity contribution in [2.45, 2.75) is 13.5 Å². The van der Waals surface area contributed by atoms with E-state index in [4.69, 9.17) is 9.47 Å². The summed E-state index contributed by atoms with van der Waals surface area (Å²) in [6.07, 6.45) is 3.05. The largest absolute Gasteiger partial charge is 0.508 e. The molecule has 0 heterocycles. The van der Waals surface area contributed by atoms with Gasteiger partial charge in [0.25, 0.3) is 0 Å².